The maximum atomic E-state index is 12.8. The molecule has 0 saturated carbocycles. The summed E-state index contributed by atoms with van der Waals surface area (Å²) in [5.41, 5.74) is 0. The lowest BCUT2D eigenvalue weighted by Crippen LogP contribution is -2.30. The SMILES string of the molecule is CC/C=C\C/C=C\C/C=C\C/C=C\C/C=C\CCCC(=O)OCC(COCCCCCCCCCCCCCCCC)OC(=O)CCCCCCC/C=C\C/C=C\CCC. The summed E-state index contributed by atoms with van der Waals surface area (Å²) in [7, 11) is 0. The summed E-state index contributed by atoms with van der Waals surface area (Å²) >= 11 is 0. The number of rotatable bonds is 45. The molecule has 0 spiro atoms. The molecule has 0 radical (unpaired) electrons. The highest BCUT2D eigenvalue weighted by Crippen LogP contribution is 2.14. The lowest BCUT2D eigenvalue weighted by Gasteiger charge is -2.18. The van der Waals surface area contributed by atoms with Crippen molar-refractivity contribution < 1.29 is 23.8 Å². The third-order valence-corrected chi connectivity index (χ3v) is 10.4. The Balaban J connectivity index is 4.37. The summed E-state index contributed by atoms with van der Waals surface area (Å²) in [6, 6.07) is 0. The molecule has 0 bridgehead atoms. The molecule has 0 saturated heterocycles. The Hall–Kier alpha value is -2.92. The van der Waals surface area contributed by atoms with Gasteiger partial charge in [0.05, 0.1) is 6.61 Å². The van der Waals surface area contributed by atoms with Crippen molar-refractivity contribution in [2.45, 2.75) is 232 Å². The van der Waals surface area contributed by atoms with Gasteiger partial charge in [0.25, 0.3) is 0 Å². The van der Waals surface area contributed by atoms with E-state index in [9.17, 15) is 9.59 Å². The standard InChI is InChI=1S/C55H94O5/c1-4-7-10-13-16-19-22-25-27-28-29-31-33-36-39-42-45-48-54(56)59-52-53(51-58-50-47-44-41-38-35-32-26-23-20-17-14-11-8-5-2)60-55(57)49-46-43-40-37-34-30-24-21-18-15-12-9-6-3/h7,10,12,15-16,19,21,24-25,27,29,31,36,39,53H,4-6,8-9,11,13-14,17-18,20,22-23,26,28,30,32-35,37-38,40-52H2,1-3H3/b10-7-,15-12-,19-16-,24-21-,27-25-,31-29-,39-36-. The van der Waals surface area contributed by atoms with E-state index in [1.807, 2.05) is 0 Å². The monoisotopic (exact) mass is 835 g/mol. The zero-order chi connectivity index (χ0) is 43.5. The predicted molar refractivity (Wildman–Crippen MR) is 260 cm³/mol. The second-order valence-corrected chi connectivity index (χ2v) is 16.3. The highest BCUT2D eigenvalue weighted by Gasteiger charge is 2.17. The lowest BCUT2D eigenvalue weighted by molar-refractivity contribution is -0.163. The van der Waals surface area contributed by atoms with Gasteiger partial charge >= 0.3 is 11.9 Å². The van der Waals surface area contributed by atoms with E-state index >= 15 is 0 Å². The van der Waals surface area contributed by atoms with Crippen LogP contribution in [-0.4, -0.2) is 37.9 Å². The van der Waals surface area contributed by atoms with Gasteiger partial charge in [0.1, 0.15) is 6.61 Å². The molecule has 0 heterocycles. The van der Waals surface area contributed by atoms with Crippen LogP contribution in [0.3, 0.4) is 0 Å². The zero-order valence-electron chi connectivity index (χ0n) is 39.5. The van der Waals surface area contributed by atoms with Gasteiger partial charge in [-0.3, -0.25) is 9.59 Å². The van der Waals surface area contributed by atoms with Crippen molar-refractivity contribution in [2.75, 3.05) is 19.8 Å². The Morgan fingerprint density at radius 2 is 0.800 bits per heavy atom. The molecule has 0 aromatic heterocycles. The normalized spacial score (nSPS) is 12.9. The summed E-state index contributed by atoms with van der Waals surface area (Å²) in [4.78, 5) is 25.3. The van der Waals surface area contributed by atoms with Crippen molar-refractivity contribution in [1.82, 2.24) is 0 Å². The largest absolute Gasteiger partial charge is 0.462 e. The van der Waals surface area contributed by atoms with E-state index in [-0.39, 0.29) is 25.2 Å². The van der Waals surface area contributed by atoms with Crippen LogP contribution >= 0.6 is 0 Å². The molecule has 0 N–H and O–H groups in total. The molecular weight excluding hydrogens is 741 g/mol. The van der Waals surface area contributed by atoms with Crippen LogP contribution in [-0.2, 0) is 23.8 Å². The summed E-state index contributed by atoms with van der Waals surface area (Å²) < 4.78 is 17.3. The Morgan fingerprint density at radius 3 is 1.32 bits per heavy atom. The Bertz CT molecular complexity index is 1130. The summed E-state index contributed by atoms with van der Waals surface area (Å²) in [5, 5.41) is 0. The number of carbonyl (C=O) groups is 2. The van der Waals surface area contributed by atoms with Crippen LogP contribution in [0.5, 0.6) is 0 Å². The molecule has 1 unspecified atom stereocenters. The van der Waals surface area contributed by atoms with Gasteiger partial charge in [-0.2, -0.15) is 0 Å². The first-order chi connectivity index (χ1) is 29.6. The average molecular weight is 835 g/mol. The first kappa shape index (κ1) is 57.1. The van der Waals surface area contributed by atoms with Crippen LogP contribution in [0.1, 0.15) is 226 Å². The van der Waals surface area contributed by atoms with Crippen molar-refractivity contribution in [3.05, 3.63) is 85.1 Å². The van der Waals surface area contributed by atoms with Crippen molar-refractivity contribution in [2.24, 2.45) is 0 Å². The molecule has 0 fully saturated rings. The molecule has 5 heteroatoms. The molecule has 0 aromatic rings. The Kier molecular flexibility index (Phi) is 48.0. The molecule has 60 heavy (non-hydrogen) atoms. The van der Waals surface area contributed by atoms with Gasteiger partial charge in [-0.1, -0.05) is 215 Å². The molecule has 1 atom stereocenters. The van der Waals surface area contributed by atoms with E-state index < -0.39 is 6.10 Å². The average Bonchev–Trinajstić information content (AvgIpc) is 3.25. The fourth-order valence-electron chi connectivity index (χ4n) is 6.70. The van der Waals surface area contributed by atoms with E-state index in [1.165, 1.54) is 96.3 Å². The maximum absolute atomic E-state index is 12.8. The van der Waals surface area contributed by atoms with Crippen LogP contribution in [0.2, 0.25) is 0 Å². The Labute approximate surface area is 371 Å². The topological polar surface area (TPSA) is 61.8 Å². The van der Waals surface area contributed by atoms with Gasteiger partial charge < -0.3 is 14.2 Å². The molecule has 5 nitrogen and oxygen atoms in total. The first-order valence-electron chi connectivity index (χ1n) is 25.1. The van der Waals surface area contributed by atoms with Crippen molar-refractivity contribution in [3.63, 3.8) is 0 Å². The summed E-state index contributed by atoms with van der Waals surface area (Å²) in [6.07, 6.45) is 65.9. The number of carbonyl (C=O) groups excluding carboxylic acids is 2. The minimum absolute atomic E-state index is 0.0485. The second-order valence-electron chi connectivity index (χ2n) is 16.3. The van der Waals surface area contributed by atoms with Gasteiger partial charge in [0.2, 0.25) is 0 Å². The zero-order valence-corrected chi connectivity index (χ0v) is 39.5. The molecule has 0 rings (SSSR count). The maximum Gasteiger partial charge on any atom is 0.306 e. The van der Waals surface area contributed by atoms with Crippen molar-refractivity contribution >= 4 is 11.9 Å². The van der Waals surface area contributed by atoms with Gasteiger partial charge in [-0.25, -0.2) is 0 Å². The molecule has 344 valence electrons. The van der Waals surface area contributed by atoms with E-state index in [0.717, 1.165) is 96.3 Å². The van der Waals surface area contributed by atoms with Crippen molar-refractivity contribution in [3.8, 4) is 0 Å². The third kappa shape index (κ3) is 47.8. The quantitative estimate of drug-likeness (QED) is 0.0347. The van der Waals surface area contributed by atoms with Gasteiger partial charge in [0.15, 0.2) is 6.10 Å². The summed E-state index contributed by atoms with van der Waals surface area (Å²) in [5.74, 6) is -0.480. The lowest BCUT2D eigenvalue weighted by atomic mass is 10.0. The van der Waals surface area contributed by atoms with E-state index in [0.29, 0.717) is 19.4 Å². The minimum atomic E-state index is -0.567. The molecule has 0 aliphatic heterocycles. The predicted octanol–water partition coefficient (Wildman–Crippen LogP) is 16.9. The van der Waals surface area contributed by atoms with Crippen LogP contribution < -0.4 is 0 Å². The number of hydrogen-bond acceptors (Lipinski definition) is 5. The number of hydrogen-bond donors (Lipinski definition) is 0. The van der Waals surface area contributed by atoms with Crippen molar-refractivity contribution in [1.29, 1.82) is 0 Å². The highest BCUT2D eigenvalue weighted by atomic mass is 16.6. The molecule has 0 aliphatic carbocycles. The van der Waals surface area contributed by atoms with Crippen LogP contribution in [0.25, 0.3) is 0 Å². The third-order valence-electron chi connectivity index (χ3n) is 10.4. The molecule has 0 amide bonds. The fourth-order valence-corrected chi connectivity index (χ4v) is 6.70. The smallest absolute Gasteiger partial charge is 0.306 e. The second kappa shape index (κ2) is 50.4. The van der Waals surface area contributed by atoms with Crippen LogP contribution in [0.4, 0.5) is 0 Å². The Morgan fingerprint density at radius 1 is 0.383 bits per heavy atom. The first-order valence-corrected chi connectivity index (χ1v) is 25.1. The number of ether oxygens (including phenoxy) is 3. The molecular formula is C55H94O5. The van der Waals surface area contributed by atoms with Gasteiger partial charge in [-0.15, -0.1) is 0 Å². The molecule has 0 aromatic carbocycles. The van der Waals surface area contributed by atoms with Gasteiger partial charge in [-0.05, 0) is 83.5 Å². The fraction of sp³-hybridized carbons (Fsp3) is 0.709. The van der Waals surface area contributed by atoms with E-state index in [1.54, 1.807) is 0 Å². The van der Waals surface area contributed by atoms with Gasteiger partial charge in [0, 0.05) is 19.4 Å². The molecule has 0 aliphatic rings. The number of unbranched alkanes of at least 4 members (excludes halogenated alkanes) is 20. The van der Waals surface area contributed by atoms with E-state index in [2.05, 4.69) is 106 Å². The van der Waals surface area contributed by atoms with Crippen LogP contribution in [0, 0.1) is 0 Å². The summed E-state index contributed by atoms with van der Waals surface area (Å²) in [6.45, 7) is 7.58. The van der Waals surface area contributed by atoms with Crippen LogP contribution in [0.15, 0.2) is 85.1 Å². The number of esters is 2. The van der Waals surface area contributed by atoms with E-state index in [4.69, 9.17) is 14.2 Å². The minimum Gasteiger partial charge on any atom is -0.462 e. The number of allylic oxidation sites excluding steroid dienone is 14. The highest BCUT2D eigenvalue weighted by molar-refractivity contribution is 5.70.